The molecule has 0 saturated carbocycles. The molecule has 0 aliphatic carbocycles. The number of rotatable bonds is 8. The third kappa shape index (κ3) is 10.2. The summed E-state index contributed by atoms with van der Waals surface area (Å²) >= 11 is 17.9. The number of nitrogens with zero attached hydrogens (tertiary/aromatic N) is 6. The highest BCUT2D eigenvalue weighted by Crippen LogP contribution is 2.32. The van der Waals surface area contributed by atoms with Crippen molar-refractivity contribution in [2.45, 2.75) is 59.1 Å². The number of likely N-dealkylation sites (N-methyl/N-ethyl adjacent to an activating group) is 1. The molecule has 3 aromatic rings. The van der Waals surface area contributed by atoms with Crippen LogP contribution >= 0.6 is 46.1 Å². The fraction of sp³-hybridized carbons (Fsp3) is 0.467. The molecule has 3 amide bonds. The van der Waals surface area contributed by atoms with Gasteiger partial charge in [-0.2, -0.15) is 0 Å². The van der Waals surface area contributed by atoms with Crippen LogP contribution in [0.2, 0.25) is 10.2 Å². The third-order valence-electron chi connectivity index (χ3n) is 6.45. The number of aryl methyl sites for hydroxylation is 2. The number of amides is 3. The quantitative estimate of drug-likeness (QED) is 0.160. The summed E-state index contributed by atoms with van der Waals surface area (Å²) < 4.78 is 5.13. The smallest absolute Gasteiger partial charge is 0.356 e. The Kier molecular flexibility index (Phi) is 15.1. The molecule has 16 heteroatoms. The van der Waals surface area contributed by atoms with Crippen LogP contribution in [0.5, 0.6) is 0 Å². The molecule has 1 aliphatic rings. The number of aromatic nitrogens is 3. The fourth-order valence-electron chi connectivity index (χ4n) is 4.13. The predicted molar refractivity (Wildman–Crippen MR) is 182 cm³/mol. The highest BCUT2D eigenvalue weighted by molar-refractivity contribution is 7.15. The van der Waals surface area contributed by atoms with Crippen LogP contribution in [0.3, 0.4) is 0 Å². The minimum absolute atomic E-state index is 0.0371. The van der Waals surface area contributed by atoms with E-state index in [9.17, 15) is 19.5 Å². The normalized spacial score (nSPS) is 14.3. The van der Waals surface area contributed by atoms with Crippen LogP contribution in [-0.4, -0.2) is 87.7 Å². The first-order chi connectivity index (χ1) is 21.6. The minimum Gasteiger partial charge on any atom is -0.476 e. The molecule has 2 aromatic heterocycles. The van der Waals surface area contributed by atoms with E-state index in [0.717, 1.165) is 34.7 Å². The highest BCUT2D eigenvalue weighted by Gasteiger charge is 2.37. The highest BCUT2D eigenvalue weighted by atomic mass is 35.5. The van der Waals surface area contributed by atoms with E-state index in [-0.39, 0.29) is 45.8 Å². The molecule has 1 atom stereocenters. The summed E-state index contributed by atoms with van der Waals surface area (Å²) in [5, 5.41) is 27.8. The van der Waals surface area contributed by atoms with E-state index in [0.29, 0.717) is 11.7 Å². The summed E-state index contributed by atoms with van der Waals surface area (Å²) in [5.41, 5.74) is 2.92. The zero-order valence-electron chi connectivity index (χ0n) is 26.8. The Morgan fingerprint density at radius 3 is 2.13 bits per heavy atom. The molecule has 1 aliphatic heterocycles. The van der Waals surface area contributed by atoms with Gasteiger partial charge in [-0.3, -0.25) is 9.69 Å². The molecule has 12 nitrogen and oxygen atoms in total. The molecule has 1 saturated heterocycles. The van der Waals surface area contributed by atoms with Crippen molar-refractivity contribution in [2.24, 2.45) is 0 Å². The number of carboxylic acid groups (broad SMARTS) is 1. The number of methoxy groups -OCH3 is 1. The van der Waals surface area contributed by atoms with Gasteiger partial charge in [-0.15, -0.1) is 21.8 Å². The van der Waals surface area contributed by atoms with Gasteiger partial charge in [0.2, 0.25) is 11.0 Å². The van der Waals surface area contributed by atoms with E-state index in [2.05, 4.69) is 29.0 Å². The lowest BCUT2D eigenvalue weighted by Crippen LogP contribution is -2.35. The van der Waals surface area contributed by atoms with Crippen LogP contribution in [-0.2, 0) is 27.8 Å². The van der Waals surface area contributed by atoms with Crippen molar-refractivity contribution in [3.63, 3.8) is 0 Å². The van der Waals surface area contributed by atoms with Gasteiger partial charge >= 0.3 is 12.0 Å². The number of urea groups is 1. The second kappa shape index (κ2) is 17.7. The molecular weight excluding hydrogens is 679 g/mol. The molecule has 46 heavy (non-hydrogen) atoms. The largest absolute Gasteiger partial charge is 0.476 e. The van der Waals surface area contributed by atoms with E-state index in [4.69, 9.17) is 44.6 Å². The van der Waals surface area contributed by atoms with Crippen molar-refractivity contribution in [1.82, 2.24) is 20.1 Å². The number of hydrogen-bond donors (Lipinski definition) is 2. The number of hydrogen-bond acceptors (Lipinski definition) is 9. The Labute approximate surface area is 287 Å². The zero-order valence-corrected chi connectivity index (χ0v) is 29.8. The van der Waals surface area contributed by atoms with Crippen molar-refractivity contribution in [3.8, 4) is 0 Å². The number of pyridine rings is 1. The lowest BCUT2D eigenvalue weighted by molar-refractivity contribution is -0.117. The molecule has 0 bridgehead atoms. The van der Waals surface area contributed by atoms with Crippen LogP contribution in [0.15, 0.2) is 30.3 Å². The fourth-order valence-corrected chi connectivity index (χ4v) is 5.55. The van der Waals surface area contributed by atoms with Crippen LogP contribution in [0, 0.1) is 0 Å². The van der Waals surface area contributed by atoms with Gasteiger partial charge < -0.3 is 19.8 Å². The van der Waals surface area contributed by atoms with Crippen LogP contribution in [0.1, 0.15) is 61.2 Å². The van der Waals surface area contributed by atoms with E-state index >= 15 is 0 Å². The number of halogens is 3. The third-order valence-corrected chi connectivity index (χ3v) is 8.55. The summed E-state index contributed by atoms with van der Waals surface area (Å²) in [6, 6.07) is 8.68. The minimum atomic E-state index is -1.18. The summed E-state index contributed by atoms with van der Waals surface area (Å²) in [7, 11) is 3.23. The maximum absolute atomic E-state index is 12.0. The van der Waals surface area contributed by atoms with E-state index in [1.165, 1.54) is 33.3 Å². The predicted octanol–water partition coefficient (Wildman–Crippen LogP) is 6.10. The van der Waals surface area contributed by atoms with E-state index in [1.807, 2.05) is 39.0 Å². The van der Waals surface area contributed by atoms with Gasteiger partial charge in [0.25, 0.3) is 0 Å². The molecular formula is C30H39Cl3N6O6S. The topological polar surface area (TPSA) is 149 Å². The number of carboxylic acids is 1. The Morgan fingerprint density at radius 2 is 1.72 bits per heavy atom. The molecule has 0 spiro atoms. The monoisotopic (exact) mass is 716 g/mol. The van der Waals surface area contributed by atoms with Crippen LogP contribution < -0.4 is 9.80 Å². The number of aliphatic hydroxyl groups is 1. The van der Waals surface area contributed by atoms with Gasteiger partial charge in [0.05, 0.1) is 17.3 Å². The summed E-state index contributed by atoms with van der Waals surface area (Å²) in [6.45, 7) is 10.8. The van der Waals surface area contributed by atoms with E-state index < -0.39 is 12.2 Å². The number of ether oxygens (including phenoxy) is 1. The zero-order chi connectivity index (χ0) is 34.8. The number of benzene rings is 1. The Morgan fingerprint density at radius 1 is 1.11 bits per heavy atom. The van der Waals surface area contributed by atoms with Gasteiger partial charge in [-0.05, 0) is 36.1 Å². The number of para-hydroxylation sites is 1. The summed E-state index contributed by atoms with van der Waals surface area (Å²) in [6.07, 6.45) is 0.908. The average molecular weight is 718 g/mol. The van der Waals surface area contributed by atoms with E-state index in [1.54, 1.807) is 19.1 Å². The number of aromatic carboxylic acids is 1. The SMILES string of the molecule is CCc1cccc(CC)c1N(COC)C(=O)CCl.CN1CC(O)N(c2nnc(C(C)(C)C)s2)C1=O.O=C(O)c1nc(Cl)ccc1Cl. The molecule has 252 valence electrons. The number of alkyl halides is 1. The van der Waals surface area contributed by atoms with Gasteiger partial charge in [0, 0.05) is 19.6 Å². The second-order valence-corrected chi connectivity index (χ2v) is 12.9. The standard InChI is InChI=1S/C14H20ClNO2.C10H16N4O2S.C6H3Cl2NO2/c1-4-11-7-6-8-12(5-2)14(11)16(10-18-3)13(17)9-15;1-10(2,3)7-11-12-8(17-7)14-6(15)5-13(4)9(14)16;7-3-1-2-4(8)9-5(3)6(10)11/h6-8H,4-5,9-10H2,1-3H3;6,15H,5H2,1-4H3;1-2H,(H,10,11). The first kappa shape index (κ1) is 39.1. The molecule has 1 unspecified atom stereocenters. The first-order valence-electron chi connectivity index (χ1n) is 14.2. The van der Waals surface area contributed by atoms with Gasteiger partial charge in [0.15, 0.2) is 11.9 Å². The van der Waals surface area contributed by atoms with Crippen molar-refractivity contribution in [1.29, 1.82) is 0 Å². The maximum atomic E-state index is 12.0. The molecule has 0 radical (unpaired) electrons. The molecule has 1 fully saturated rings. The maximum Gasteiger partial charge on any atom is 0.356 e. The molecule has 2 N–H and O–H groups in total. The van der Waals surface area contributed by atoms with Crippen LogP contribution in [0.25, 0.3) is 0 Å². The Balaban J connectivity index is 0.000000247. The number of carbonyl (C=O) groups excluding carboxylic acids is 2. The second-order valence-electron chi connectivity index (χ2n) is 10.9. The van der Waals surface area contributed by atoms with Crippen molar-refractivity contribution in [2.75, 3.05) is 43.1 Å². The number of anilines is 2. The molecule has 1 aromatic carbocycles. The first-order valence-corrected chi connectivity index (χ1v) is 16.3. The van der Waals surface area contributed by atoms with Crippen LogP contribution in [0.4, 0.5) is 15.6 Å². The van der Waals surface area contributed by atoms with Crippen molar-refractivity contribution < 1.29 is 29.3 Å². The van der Waals surface area contributed by atoms with Gasteiger partial charge in [-0.1, -0.05) is 87.4 Å². The number of carbonyl (C=O) groups is 3. The van der Waals surface area contributed by atoms with Crippen molar-refractivity contribution >= 4 is 74.9 Å². The van der Waals surface area contributed by atoms with Crippen molar-refractivity contribution in [3.05, 3.63) is 62.3 Å². The summed E-state index contributed by atoms with van der Waals surface area (Å²) in [5.74, 6) is -1.35. The van der Waals surface area contributed by atoms with Gasteiger partial charge in [-0.25, -0.2) is 19.5 Å². The lowest BCUT2D eigenvalue weighted by atomic mass is 9.98. The Bertz CT molecular complexity index is 1480. The average Bonchev–Trinajstić information content (AvgIpc) is 3.60. The Hall–Kier alpha value is -3.07. The number of β-amino-alcohol motifs (C(OH)–C–C–N with tert-alkyl or cyclic N) is 1. The number of aliphatic hydroxyl groups excluding tert-OH is 1. The van der Waals surface area contributed by atoms with Gasteiger partial charge in [0.1, 0.15) is 22.8 Å². The lowest BCUT2D eigenvalue weighted by Gasteiger charge is -2.26. The summed E-state index contributed by atoms with van der Waals surface area (Å²) in [4.78, 5) is 42.0. The molecule has 4 rings (SSSR count). The molecule has 3 heterocycles.